The zero-order valence-electron chi connectivity index (χ0n) is 23.6. The van der Waals surface area contributed by atoms with Crippen LogP contribution in [0.25, 0.3) is 0 Å². The summed E-state index contributed by atoms with van der Waals surface area (Å²) in [6.07, 6.45) is 0.290. The van der Waals surface area contributed by atoms with Gasteiger partial charge in [0, 0.05) is 23.0 Å². The molecule has 0 bridgehead atoms. The predicted octanol–water partition coefficient (Wildman–Crippen LogP) is -0.528. The number of benzene rings is 1. The molecule has 1 aromatic heterocycles. The number of oxime groups is 1. The summed E-state index contributed by atoms with van der Waals surface area (Å²) in [5, 5.41) is 30.5. The van der Waals surface area contributed by atoms with Gasteiger partial charge in [0.05, 0.1) is 6.04 Å². The Labute approximate surface area is 256 Å². The van der Waals surface area contributed by atoms with Gasteiger partial charge in [0.15, 0.2) is 10.8 Å². The molecule has 0 spiro atoms. The van der Waals surface area contributed by atoms with Crippen molar-refractivity contribution in [1.29, 1.82) is 5.41 Å². The molecule has 2 saturated heterocycles. The Kier molecular flexibility index (Phi) is 10.0. The van der Waals surface area contributed by atoms with E-state index in [1.165, 1.54) is 6.92 Å². The fourth-order valence-electron chi connectivity index (χ4n) is 4.56. The van der Waals surface area contributed by atoms with Crippen molar-refractivity contribution in [3.8, 4) is 5.75 Å². The van der Waals surface area contributed by atoms with Gasteiger partial charge in [-0.2, -0.15) is 8.42 Å². The van der Waals surface area contributed by atoms with Gasteiger partial charge in [-0.25, -0.2) is 14.1 Å². The quantitative estimate of drug-likeness (QED) is 0.0501. The van der Waals surface area contributed by atoms with E-state index in [0.29, 0.717) is 16.2 Å². The second-order valence-electron chi connectivity index (χ2n) is 10.0. The molecule has 4 rings (SSSR count). The molecule has 2 aliphatic rings. The monoisotopic (exact) mass is 652 g/mol. The Morgan fingerprint density at radius 3 is 2.57 bits per heavy atom. The molecule has 44 heavy (non-hydrogen) atoms. The van der Waals surface area contributed by atoms with Crippen molar-refractivity contribution in [2.45, 2.75) is 50.9 Å². The van der Waals surface area contributed by atoms with E-state index in [2.05, 4.69) is 26.1 Å². The summed E-state index contributed by atoms with van der Waals surface area (Å²) < 4.78 is 37.8. The predicted molar refractivity (Wildman–Crippen MR) is 158 cm³/mol. The van der Waals surface area contributed by atoms with Gasteiger partial charge in [-0.05, 0) is 57.5 Å². The highest BCUT2D eigenvalue weighted by molar-refractivity contribution is 7.84. The Morgan fingerprint density at radius 2 is 2.02 bits per heavy atom. The average molecular weight is 653 g/mol. The van der Waals surface area contributed by atoms with E-state index < -0.39 is 58.6 Å². The third kappa shape index (κ3) is 7.59. The highest BCUT2D eigenvalue weighted by Crippen LogP contribution is 2.24. The maximum Gasteiger partial charge on any atom is 0.362 e. The number of thiazole rings is 1. The molecule has 4 atom stereocenters. The summed E-state index contributed by atoms with van der Waals surface area (Å²) in [5.74, 6) is -3.03. The van der Waals surface area contributed by atoms with Crippen LogP contribution >= 0.6 is 11.3 Å². The Hall–Kier alpha value is -4.33. The summed E-state index contributed by atoms with van der Waals surface area (Å²) >= 11 is 1.02. The topological polar surface area (TPSA) is 259 Å². The van der Waals surface area contributed by atoms with Gasteiger partial charge in [-0.1, -0.05) is 5.16 Å². The zero-order chi connectivity index (χ0) is 32.2. The van der Waals surface area contributed by atoms with E-state index in [9.17, 15) is 32.5 Å². The fourth-order valence-corrected chi connectivity index (χ4v) is 6.13. The minimum atomic E-state index is -4.83. The summed E-state index contributed by atoms with van der Waals surface area (Å²) in [6.45, 7) is 4.07. The van der Waals surface area contributed by atoms with Crippen LogP contribution in [0.2, 0.25) is 0 Å². The van der Waals surface area contributed by atoms with Crippen LogP contribution in [0.4, 0.5) is 5.13 Å². The molecule has 2 unspecified atom stereocenters. The lowest BCUT2D eigenvalue weighted by molar-refractivity contribution is -0.152. The first kappa shape index (κ1) is 32.6. The largest absolute Gasteiger partial charge is 0.489 e. The number of aromatic nitrogens is 1. The molecule has 17 nitrogen and oxygen atoms in total. The smallest absolute Gasteiger partial charge is 0.362 e. The molecule has 0 aliphatic carbocycles. The van der Waals surface area contributed by atoms with Gasteiger partial charge in [0.25, 0.3) is 17.9 Å². The number of piperidine rings is 1. The number of rotatable bonds is 12. The lowest BCUT2D eigenvalue weighted by Crippen LogP contribution is -2.71. The number of amides is 2. The Morgan fingerprint density at radius 1 is 1.32 bits per heavy atom. The highest BCUT2D eigenvalue weighted by atomic mass is 32.2. The van der Waals surface area contributed by atoms with Crippen molar-refractivity contribution < 1.29 is 42.0 Å². The van der Waals surface area contributed by atoms with Crippen molar-refractivity contribution in [2.75, 3.05) is 25.4 Å². The van der Waals surface area contributed by atoms with E-state index in [4.69, 9.17) is 20.7 Å². The Bertz CT molecular complexity index is 1560. The number of β-lactam (4-membered cyclic amide) rings is 1. The molecular formula is C25H32N8O9S2. The number of hydrogen-bond acceptors (Lipinski definition) is 13. The first-order valence-corrected chi connectivity index (χ1v) is 15.6. The van der Waals surface area contributed by atoms with Crippen LogP contribution in [0.3, 0.4) is 0 Å². The second-order valence-corrected chi connectivity index (χ2v) is 12.6. The first-order valence-electron chi connectivity index (χ1n) is 13.4. The number of aryl methyl sites for hydroxylation is 1. The molecule has 19 heteroatoms. The molecule has 1 aromatic carbocycles. The van der Waals surface area contributed by atoms with Gasteiger partial charge < -0.3 is 36.4 Å². The van der Waals surface area contributed by atoms with Gasteiger partial charge in [-0.3, -0.25) is 19.6 Å². The minimum Gasteiger partial charge on any atom is -0.489 e. The summed E-state index contributed by atoms with van der Waals surface area (Å²) in [4.78, 5) is 47.0. The highest BCUT2D eigenvalue weighted by Gasteiger charge is 2.51. The fraction of sp³-hybridized carbons (Fsp3) is 0.440. The van der Waals surface area contributed by atoms with Crippen molar-refractivity contribution in [3.05, 3.63) is 40.4 Å². The molecule has 0 radical (unpaired) electrons. The molecular weight excluding hydrogens is 620 g/mol. The first-order chi connectivity index (χ1) is 20.8. The number of carboxylic acids is 1. The third-order valence-electron chi connectivity index (χ3n) is 6.86. The van der Waals surface area contributed by atoms with Crippen molar-refractivity contribution in [1.82, 2.24) is 25.2 Å². The Balaban J connectivity index is 1.43. The SMILES string of the molecule is Cc1sc(N)nc1C(=NOC(COc1ccc(C(=N)NC2CCCNC2)cc1)C(=O)O)C(=O)N[C@@H]1C(=O)N(S(=O)(=O)O)[C@@H]1C. The molecule has 8 N–H and O–H groups in total. The molecule has 3 heterocycles. The van der Waals surface area contributed by atoms with Gasteiger partial charge in [-0.15, -0.1) is 11.3 Å². The number of hydrogen-bond donors (Lipinski definition) is 7. The molecule has 2 amide bonds. The molecule has 0 saturated carbocycles. The average Bonchev–Trinajstić information content (AvgIpc) is 3.30. The van der Waals surface area contributed by atoms with Gasteiger partial charge >= 0.3 is 16.3 Å². The van der Waals surface area contributed by atoms with Crippen LogP contribution in [0, 0.1) is 12.3 Å². The molecule has 238 valence electrons. The number of anilines is 1. The van der Waals surface area contributed by atoms with E-state index in [0.717, 1.165) is 37.3 Å². The van der Waals surface area contributed by atoms with Crippen LogP contribution in [0.5, 0.6) is 5.75 Å². The maximum atomic E-state index is 13.1. The van der Waals surface area contributed by atoms with Crippen LogP contribution in [-0.4, -0.2) is 101 Å². The number of ether oxygens (including phenoxy) is 1. The van der Waals surface area contributed by atoms with E-state index in [1.807, 2.05) is 0 Å². The maximum absolute atomic E-state index is 13.1. The summed E-state index contributed by atoms with van der Waals surface area (Å²) in [6, 6.07) is 4.16. The number of nitrogen functional groups attached to an aromatic ring is 1. The lowest BCUT2D eigenvalue weighted by atomic mass is 10.0. The van der Waals surface area contributed by atoms with Gasteiger partial charge in [0.2, 0.25) is 0 Å². The van der Waals surface area contributed by atoms with Crippen LogP contribution in [-0.2, 0) is 29.5 Å². The minimum absolute atomic E-state index is 0.0447. The number of carbonyl (C=O) groups excluding carboxylic acids is 2. The van der Waals surface area contributed by atoms with E-state index in [1.54, 1.807) is 31.2 Å². The van der Waals surface area contributed by atoms with E-state index in [-0.39, 0.29) is 27.0 Å². The number of nitrogens with two attached hydrogens (primary N) is 1. The molecule has 2 fully saturated rings. The van der Waals surface area contributed by atoms with Gasteiger partial charge in [0.1, 0.15) is 29.9 Å². The van der Waals surface area contributed by atoms with Crippen molar-refractivity contribution >= 4 is 56.1 Å². The number of nitrogens with zero attached hydrogens (tertiary/aromatic N) is 3. The molecule has 2 aromatic rings. The summed E-state index contributed by atoms with van der Waals surface area (Å²) in [7, 11) is -4.83. The number of amidine groups is 1. The van der Waals surface area contributed by atoms with E-state index >= 15 is 0 Å². The lowest BCUT2D eigenvalue weighted by Gasteiger charge is -2.42. The number of carboxylic acid groups (broad SMARTS) is 1. The third-order valence-corrected chi connectivity index (χ3v) is 8.67. The van der Waals surface area contributed by atoms with Crippen LogP contribution < -0.4 is 26.4 Å². The number of carbonyl (C=O) groups is 3. The number of nitrogens with one attached hydrogen (secondary N) is 4. The van der Waals surface area contributed by atoms with Crippen molar-refractivity contribution in [3.63, 3.8) is 0 Å². The summed E-state index contributed by atoms with van der Waals surface area (Å²) in [5.41, 5.74) is 5.80. The molecule has 2 aliphatic heterocycles. The van der Waals surface area contributed by atoms with Crippen LogP contribution in [0.15, 0.2) is 29.4 Å². The standard InChI is InChI=1S/C25H32N8O9S2/c1-12-18(23(35)33(12)44(38,39)40)30-22(34)20(19-13(2)43-25(27)31-19)32-42-17(24(36)37)11-41-16-7-5-14(6-8-16)21(26)29-15-4-3-9-28-10-15/h5-8,12,15,17-18,28H,3-4,9-11H2,1-2H3,(H2,26,29)(H2,27,31)(H,30,34)(H,36,37)(H,38,39,40)/t12-,15?,17?,18+/m1/s1. The normalized spacial score (nSPS) is 21.2. The van der Waals surface area contributed by atoms with Crippen LogP contribution in [0.1, 0.15) is 35.9 Å². The van der Waals surface area contributed by atoms with Crippen molar-refractivity contribution in [2.24, 2.45) is 5.16 Å². The number of aliphatic carboxylic acids is 1. The zero-order valence-corrected chi connectivity index (χ0v) is 25.3. The second kappa shape index (κ2) is 13.5.